The second-order valence-corrected chi connectivity index (χ2v) is 12.8. The van der Waals surface area contributed by atoms with E-state index in [1.165, 1.54) is 64.4 Å². The molecule has 3 aromatic heterocycles. The fourth-order valence-electron chi connectivity index (χ4n) is 6.99. The van der Waals surface area contributed by atoms with E-state index in [4.69, 9.17) is 4.42 Å². The summed E-state index contributed by atoms with van der Waals surface area (Å²) in [6.45, 7) is 0. The lowest BCUT2D eigenvalue weighted by Crippen LogP contribution is -1.92. The molecule has 3 heteroatoms. The predicted molar refractivity (Wildman–Crippen MR) is 192 cm³/mol. The van der Waals surface area contributed by atoms with E-state index in [0.717, 1.165) is 27.5 Å². The van der Waals surface area contributed by atoms with Gasteiger partial charge in [-0.05, 0) is 87.6 Å². The second kappa shape index (κ2) is 9.43. The van der Waals surface area contributed by atoms with Crippen molar-refractivity contribution in [2.24, 2.45) is 0 Å². The molecule has 0 fully saturated rings. The van der Waals surface area contributed by atoms with Crippen LogP contribution in [-0.2, 0) is 0 Å². The Morgan fingerprint density at radius 1 is 0.444 bits per heavy atom. The lowest BCUT2D eigenvalue weighted by molar-refractivity contribution is 0.669. The molecule has 3 heterocycles. The zero-order valence-corrected chi connectivity index (χ0v) is 25.0. The van der Waals surface area contributed by atoms with Crippen molar-refractivity contribution in [1.29, 1.82) is 0 Å². The van der Waals surface area contributed by atoms with E-state index in [-0.39, 0.29) is 0 Å². The van der Waals surface area contributed by atoms with Crippen LogP contribution in [0.5, 0.6) is 0 Å². The molecule has 10 rings (SSSR count). The largest absolute Gasteiger partial charge is 0.456 e. The Hall–Kier alpha value is -5.64. The quantitative estimate of drug-likeness (QED) is 0.200. The van der Waals surface area contributed by atoms with Crippen molar-refractivity contribution in [2.75, 3.05) is 0 Å². The SMILES string of the molecule is c1ccc(-n2c3ccccc3c3sc4ccc(-c5ccc(-c6ccc7c(c6)oc6cc8ccccc8cc67)cc5)cc4c32)cc1. The van der Waals surface area contributed by atoms with E-state index in [1.54, 1.807) is 0 Å². The molecule has 10 aromatic rings. The van der Waals surface area contributed by atoms with Crippen LogP contribution < -0.4 is 0 Å². The van der Waals surface area contributed by atoms with Gasteiger partial charge in [0.2, 0.25) is 0 Å². The minimum atomic E-state index is 0.919. The van der Waals surface area contributed by atoms with E-state index in [2.05, 4.69) is 156 Å². The predicted octanol–water partition coefficient (Wildman–Crippen LogP) is 12.4. The molecule has 0 radical (unpaired) electrons. The smallest absolute Gasteiger partial charge is 0.136 e. The Bertz CT molecular complexity index is 2740. The number of thiophene rings is 1. The van der Waals surface area contributed by atoms with Gasteiger partial charge in [-0.15, -0.1) is 11.3 Å². The summed E-state index contributed by atoms with van der Waals surface area (Å²) in [4.78, 5) is 0. The topological polar surface area (TPSA) is 18.1 Å². The van der Waals surface area contributed by atoms with Crippen molar-refractivity contribution >= 4 is 75.3 Å². The molecule has 0 aliphatic carbocycles. The first-order valence-electron chi connectivity index (χ1n) is 15.3. The maximum Gasteiger partial charge on any atom is 0.136 e. The van der Waals surface area contributed by atoms with Gasteiger partial charge in [-0.2, -0.15) is 0 Å². The van der Waals surface area contributed by atoms with E-state index >= 15 is 0 Å². The molecule has 45 heavy (non-hydrogen) atoms. The average molecular weight is 592 g/mol. The number of furan rings is 1. The Balaban J connectivity index is 1.07. The fraction of sp³-hybridized carbons (Fsp3) is 0. The highest BCUT2D eigenvalue weighted by Crippen LogP contribution is 2.43. The van der Waals surface area contributed by atoms with Gasteiger partial charge >= 0.3 is 0 Å². The summed E-state index contributed by atoms with van der Waals surface area (Å²) in [5.74, 6) is 0. The normalized spacial score (nSPS) is 12.0. The summed E-state index contributed by atoms with van der Waals surface area (Å²) in [5.41, 5.74) is 10.3. The van der Waals surface area contributed by atoms with Gasteiger partial charge in [0.15, 0.2) is 0 Å². The fourth-order valence-corrected chi connectivity index (χ4v) is 8.19. The second-order valence-electron chi connectivity index (χ2n) is 11.8. The molecule has 0 N–H and O–H groups in total. The van der Waals surface area contributed by atoms with Crippen molar-refractivity contribution in [2.45, 2.75) is 0 Å². The number of hydrogen-bond acceptors (Lipinski definition) is 2. The van der Waals surface area contributed by atoms with Crippen LogP contribution in [0.1, 0.15) is 0 Å². The van der Waals surface area contributed by atoms with Crippen LogP contribution in [0.25, 0.3) is 91.9 Å². The molecule has 0 atom stereocenters. The zero-order valence-electron chi connectivity index (χ0n) is 24.2. The summed E-state index contributed by atoms with van der Waals surface area (Å²) < 4.78 is 11.4. The lowest BCUT2D eigenvalue weighted by Gasteiger charge is -2.09. The van der Waals surface area contributed by atoms with Gasteiger partial charge in [0, 0.05) is 31.9 Å². The van der Waals surface area contributed by atoms with Crippen LogP contribution in [0.15, 0.2) is 156 Å². The maximum absolute atomic E-state index is 6.35. The first-order chi connectivity index (χ1) is 22.3. The van der Waals surface area contributed by atoms with E-state index in [0.29, 0.717) is 0 Å². The van der Waals surface area contributed by atoms with Crippen molar-refractivity contribution < 1.29 is 4.42 Å². The minimum absolute atomic E-state index is 0.919. The molecule has 0 aliphatic heterocycles. The van der Waals surface area contributed by atoms with Crippen LogP contribution in [0.3, 0.4) is 0 Å². The van der Waals surface area contributed by atoms with Crippen molar-refractivity contribution in [3.63, 3.8) is 0 Å². The number of hydrogen-bond donors (Lipinski definition) is 0. The van der Waals surface area contributed by atoms with Gasteiger partial charge < -0.3 is 8.98 Å². The third kappa shape index (κ3) is 3.75. The number of aromatic nitrogens is 1. The summed E-state index contributed by atoms with van der Waals surface area (Å²) in [6.07, 6.45) is 0. The highest BCUT2D eigenvalue weighted by molar-refractivity contribution is 7.26. The Morgan fingerprint density at radius 2 is 1.09 bits per heavy atom. The molecule has 0 aliphatic rings. The average Bonchev–Trinajstić information content (AvgIpc) is 3.75. The van der Waals surface area contributed by atoms with E-state index in [1.807, 2.05) is 11.3 Å². The maximum atomic E-state index is 6.35. The Morgan fingerprint density at radius 3 is 1.91 bits per heavy atom. The summed E-state index contributed by atoms with van der Waals surface area (Å²) in [6, 6.07) is 54.7. The van der Waals surface area contributed by atoms with Crippen LogP contribution in [0.2, 0.25) is 0 Å². The Kier molecular flexibility index (Phi) is 5.19. The molecule has 210 valence electrons. The van der Waals surface area contributed by atoms with Gasteiger partial charge in [0.25, 0.3) is 0 Å². The number of rotatable bonds is 3. The molecule has 0 spiro atoms. The highest BCUT2D eigenvalue weighted by Gasteiger charge is 2.18. The third-order valence-electron chi connectivity index (χ3n) is 9.18. The van der Waals surface area contributed by atoms with Gasteiger partial charge in [-0.3, -0.25) is 0 Å². The van der Waals surface area contributed by atoms with Crippen LogP contribution >= 0.6 is 11.3 Å². The highest BCUT2D eigenvalue weighted by atomic mass is 32.1. The van der Waals surface area contributed by atoms with E-state index < -0.39 is 0 Å². The van der Waals surface area contributed by atoms with Gasteiger partial charge in [0.1, 0.15) is 11.2 Å². The number of fused-ring (bicyclic) bond motifs is 9. The molecule has 7 aromatic carbocycles. The molecule has 0 saturated heterocycles. The standard InChI is InChI=1S/C42H25NOS/c1-2-10-32(11-3-1)43-37-13-7-6-12-34(37)42-41(43)36-23-30(19-21-40(36)45-42)26-14-16-27(17-15-26)31-18-20-33-35-22-28-8-4-5-9-29(28)24-39(35)44-38(33)25-31/h1-25H. The molecular formula is C42H25NOS. The van der Waals surface area contributed by atoms with Crippen molar-refractivity contribution in [1.82, 2.24) is 4.57 Å². The van der Waals surface area contributed by atoms with Crippen molar-refractivity contribution in [3.05, 3.63) is 152 Å². The van der Waals surface area contributed by atoms with Crippen LogP contribution in [0, 0.1) is 0 Å². The minimum Gasteiger partial charge on any atom is -0.456 e. The zero-order chi connectivity index (χ0) is 29.5. The molecule has 0 saturated carbocycles. The molecule has 0 bridgehead atoms. The first-order valence-corrected chi connectivity index (χ1v) is 16.1. The van der Waals surface area contributed by atoms with Gasteiger partial charge in [-0.25, -0.2) is 0 Å². The lowest BCUT2D eigenvalue weighted by atomic mass is 9.98. The van der Waals surface area contributed by atoms with Gasteiger partial charge in [0.05, 0.1) is 15.7 Å². The molecule has 0 amide bonds. The summed E-state index contributed by atoms with van der Waals surface area (Å²) in [5, 5.41) is 7.34. The number of nitrogens with zero attached hydrogens (tertiary/aromatic N) is 1. The van der Waals surface area contributed by atoms with Crippen LogP contribution in [-0.4, -0.2) is 4.57 Å². The summed E-state index contributed by atoms with van der Waals surface area (Å²) >= 11 is 1.88. The molecule has 0 unspecified atom stereocenters. The van der Waals surface area contributed by atoms with Crippen molar-refractivity contribution in [3.8, 4) is 27.9 Å². The summed E-state index contributed by atoms with van der Waals surface area (Å²) in [7, 11) is 0. The number of para-hydroxylation sites is 2. The first kappa shape index (κ1) is 24.8. The van der Waals surface area contributed by atoms with Gasteiger partial charge in [-0.1, -0.05) is 97.1 Å². The van der Waals surface area contributed by atoms with Crippen LogP contribution in [0.4, 0.5) is 0 Å². The molecular weight excluding hydrogens is 567 g/mol. The third-order valence-corrected chi connectivity index (χ3v) is 10.4. The molecule has 2 nitrogen and oxygen atoms in total. The van der Waals surface area contributed by atoms with E-state index in [9.17, 15) is 0 Å². The monoisotopic (exact) mass is 591 g/mol. The Labute approximate surface area is 263 Å². The number of benzene rings is 7.